The van der Waals surface area contributed by atoms with Crippen molar-refractivity contribution in [1.82, 2.24) is 20.1 Å². The molecular weight excluding hydrogens is 256 g/mol. The van der Waals surface area contributed by atoms with Gasteiger partial charge in [0.15, 0.2) is 0 Å². The second kappa shape index (κ2) is 5.83. The zero-order chi connectivity index (χ0) is 14.7. The Hall–Kier alpha value is -2.21. The number of nitrogens with zero attached hydrogens (tertiary/aromatic N) is 3. The number of nitrogens with one attached hydrogen (secondary N) is 1. The van der Waals surface area contributed by atoms with E-state index in [4.69, 9.17) is 5.11 Å². The van der Waals surface area contributed by atoms with Gasteiger partial charge >= 0.3 is 5.97 Å². The van der Waals surface area contributed by atoms with Crippen molar-refractivity contribution in [2.75, 3.05) is 0 Å². The Bertz CT molecular complexity index is 617. The lowest BCUT2D eigenvalue weighted by Gasteiger charge is -2.05. The van der Waals surface area contributed by atoms with Gasteiger partial charge in [-0.05, 0) is 26.0 Å². The topological polar surface area (TPSA) is 80.0 Å². The molecule has 2 aromatic heterocycles. The van der Waals surface area contributed by atoms with Crippen molar-refractivity contribution in [3.8, 4) is 0 Å². The molecule has 2 aromatic rings. The van der Waals surface area contributed by atoms with Gasteiger partial charge in [-0.2, -0.15) is 5.10 Å². The minimum atomic E-state index is -0.960. The van der Waals surface area contributed by atoms with E-state index in [0.29, 0.717) is 13.1 Å². The van der Waals surface area contributed by atoms with E-state index in [1.54, 1.807) is 12.1 Å². The molecule has 0 spiro atoms. The molecule has 0 aromatic carbocycles. The molecule has 0 unspecified atom stereocenters. The van der Waals surface area contributed by atoms with Crippen molar-refractivity contribution in [2.24, 2.45) is 7.05 Å². The van der Waals surface area contributed by atoms with Gasteiger partial charge in [0, 0.05) is 37.6 Å². The van der Waals surface area contributed by atoms with Crippen molar-refractivity contribution in [3.63, 3.8) is 0 Å². The van der Waals surface area contributed by atoms with Gasteiger partial charge < -0.3 is 10.4 Å². The summed E-state index contributed by atoms with van der Waals surface area (Å²) in [4.78, 5) is 14.8. The van der Waals surface area contributed by atoms with E-state index in [-0.39, 0.29) is 5.56 Å². The van der Waals surface area contributed by atoms with E-state index in [0.717, 1.165) is 17.1 Å². The second-order valence-corrected chi connectivity index (χ2v) is 4.72. The molecule has 0 fully saturated rings. The number of hydrogen-bond acceptors (Lipinski definition) is 4. The van der Waals surface area contributed by atoms with Crippen molar-refractivity contribution < 1.29 is 9.90 Å². The van der Waals surface area contributed by atoms with Gasteiger partial charge in [-0.3, -0.25) is 9.67 Å². The smallest absolute Gasteiger partial charge is 0.337 e. The molecule has 0 saturated heterocycles. The molecule has 6 nitrogen and oxygen atoms in total. The van der Waals surface area contributed by atoms with Crippen LogP contribution < -0.4 is 5.32 Å². The minimum absolute atomic E-state index is 0.202. The first kappa shape index (κ1) is 14.2. The van der Waals surface area contributed by atoms with Crippen LogP contribution in [-0.2, 0) is 20.1 Å². The molecule has 2 rings (SSSR count). The van der Waals surface area contributed by atoms with Gasteiger partial charge in [-0.1, -0.05) is 0 Å². The van der Waals surface area contributed by atoms with Gasteiger partial charge in [-0.15, -0.1) is 0 Å². The van der Waals surface area contributed by atoms with Crippen LogP contribution in [0.3, 0.4) is 0 Å². The fourth-order valence-electron chi connectivity index (χ4n) is 2.04. The van der Waals surface area contributed by atoms with Crippen molar-refractivity contribution >= 4 is 5.97 Å². The molecule has 0 aliphatic carbocycles. The molecule has 2 heterocycles. The summed E-state index contributed by atoms with van der Waals surface area (Å²) in [5, 5.41) is 16.5. The fourth-order valence-corrected chi connectivity index (χ4v) is 2.04. The molecule has 0 aliphatic rings. The lowest BCUT2D eigenvalue weighted by molar-refractivity contribution is 0.0696. The molecule has 2 N–H and O–H groups in total. The third-order valence-corrected chi connectivity index (χ3v) is 3.34. The van der Waals surface area contributed by atoms with Crippen LogP contribution in [0, 0.1) is 13.8 Å². The Balaban J connectivity index is 1.94. The Morgan fingerprint density at radius 3 is 2.60 bits per heavy atom. The lowest BCUT2D eigenvalue weighted by Crippen LogP contribution is -2.15. The van der Waals surface area contributed by atoms with Crippen LogP contribution in [0.5, 0.6) is 0 Å². The van der Waals surface area contributed by atoms with Crippen molar-refractivity contribution in [1.29, 1.82) is 0 Å². The Kier molecular flexibility index (Phi) is 4.14. The number of aromatic carboxylic acids is 1. The van der Waals surface area contributed by atoms with Crippen LogP contribution in [0.4, 0.5) is 0 Å². The first-order valence-corrected chi connectivity index (χ1v) is 6.37. The third kappa shape index (κ3) is 3.03. The summed E-state index contributed by atoms with van der Waals surface area (Å²) in [6.07, 6.45) is 1.37. The first-order chi connectivity index (χ1) is 9.49. The predicted octanol–water partition coefficient (Wildman–Crippen LogP) is 1.42. The van der Waals surface area contributed by atoms with E-state index in [9.17, 15) is 4.79 Å². The van der Waals surface area contributed by atoms with Crippen LogP contribution >= 0.6 is 0 Å². The van der Waals surface area contributed by atoms with Crippen LogP contribution in [0.1, 0.15) is 33.0 Å². The Morgan fingerprint density at radius 2 is 2.10 bits per heavy atom. The summed E-state index contributed by atoms with van der Waals surface area (Å²) in [6.45, 7) is 5.34. The average molecular weight is 274 g/mol. The molecule has 0 bridgehead atoms. The summed E-state index contributed by atoms with van der Waals surface area (Å²) in [5.41, 5.74) is 4.37. The predicted molar refractivity (Wildman–Crippen MR) is 74.4 cm³/mol. The Labute approximate surface area is 117 Å². The normalized spacial score (nSPS) is 10.8. The van der Waals surface area contributed by atoms with Crippen LogP contribution in [0.25, 0.3) is 0 Å². The van der Waals surface area contributed by atoms with Gasteiger partial charge in [0.05, 0.1) is 17.0 Å². The molecule has 0 atom stereocenters. The van der Waals surface area contributed by atoms with E-state index >= 15 is 0 Å². The minimum Gasteiger partial charge on any atom is -0.478 e. The summed E-state index contributed by atoms with van der Waals surface area (Å²) in [6, 6.07) is 3.28. The summed E-state index contributed by atoms with van der Waals surface area (Å²) >= 11 is 0. The lowest BCUT2D eigenvalue weighted by atomic mass is 10.2. The monoisotopic (exact) mass is 274 g/mol. The van der Waals surface area contributed by atoms with E-state index in [2.05, 4.69) is 15.4 Å². The zero-order valence-corrected chi connectivity index (χ0v) is 11.8. The van der Waals surface area contributed by atoms with Crippen LogP contribution in [0.15, 0.2) is 18.3 Å². The number of aromatic nitrogens is 3. The molecule has 0 saturated carbocycles. The maximum Gasteiger partial charge on any atom is 0.337 e. The fraction of sp³-hybridized carbons (Fsp3) is 0.357. The van der Waals surface area contributed by atoms with Gasteiger partial charge in [0.2, 0.25) is 0 Å². The number of carboxylic acids is 1. The molecule has 0 radical (unpaired) electrons. The first-order valence-electron chi connectivity index (χ1n) is 6.37. The number of hydrogen-bond donors (Lipinski definition) is 2. The summed E-state index contributed by atoms with van der Waals surface area (Å²) < 4.78 is 1.87. The largest absolute Gasteiger partial charge is 0.478 e. The zero-order valence-electron chi connectivity index (χ0n) is 11.8. The number of pyridine rings is 1. The van der Waals surface area contributed by atoms with E-state index < -0.39 is 5.97 Å². The highest BCUT2D eigenvalue weighted by atomic mass is 16.4. The molecule has 20 heavy (non-hydrogen) atoms. The van der Waals surface area contributed by atoms with E-state index in [1.165, 1.54) is 11.8 Å². The van der Waals surface area contributed by atoms with Crippen LogP contribution in [-0.4, -0.2) is 25.8 Å². The highest BCUT2D eigenvalue weighted by molar-refractivity contribution is 5.87. The molecule has 6 heteroatoms. The van der Waals surface area contributed by atoms with Gasteiger partial charge in [0.1, 0.15) is 0 Å². The van der Waals surface area contributed by atoms with Gasteiger partial charge in [0.25, 0.3) is 0 Å². The second-order valence-electron chi connectivity index (χ2n) is 4.72. The summed E-state index contributed by atoms with van der Waals surface area (Å²) in [7, 11) is 1.93. The molecule has 106 valence electrons. The SMILES string of the molecule is Cc1nn(C)c(C)c1CNCc1ccc(C(=O)O)cn1. The average Bonchev–Trinajstić information content (AvgIpc) is 2.65. The van der Waals surface area contributed by atoms with Crippen molar-refractivity contribution in [3.05, 3.63) is 46.5 Å². The summed E-state index contributed by atoms with van der Waals surface area (Å²) in [5.74, 6) is -0.960. The van der Waals surface area contributed by atoms with Crippen LogP contribution in [0.2, 0.25) is 0 Å². The maximum atomic E-state index is 10.7. The van der Waals surface area contributed by atoms with Crippen molar-refractivity contribution in [2.45, 2.75) is 26.9 Å². The maximum absolute atomic E-state index is 10.7. The molecular formula is C14H18N4O2. The number of carbonyl (C=O) groups is 1. The quantitative estimate of drug-likeness (QED) is 0.862. The van der Waals surface area contributed by atoms with Gasteiger partial charge in [-0.25, -0.2) is 4.79 Å². The standard InChI is InChI=1S/C14H18N4O2/c1-9-13(10(2)18(3)17-9)8-15-7-12-5-4-11(6-16-12)14(19)20/h4-6,15H,7-8H2,1-3H3,(H,19,20). The highest BCUT2D eigenvalue weighted by Crippen LogP contribution is 2.11. The number of rotatable bonds is 5. The molecule has 0 aliphatic heterocycles. The van der Waals surface area contributed by atoms with E-state index in [1.807, 2.05) is 25.6 Å². The number of carboxylic acid groups (broad SMARTS) is 1. The number of aryl methyl sites for hydroxylation is 2. The highest BCUT2D eigenvalue weighted by Gasteiger charge is 2.08. The third-order valence-electron chi connectivity index (χ3n) is 3.34. The molecule has 0 amide bonds. The Morgan fingerprint density at radius 1 is 1.35 bits per heavy atom.